The van der Waals surface area contributed by atoms with E-state index in [4.69, 9.17) is 5.73 Å². The summed E-state index contributed by atoms with van der Waals surface area (Å²) in [5.74, 6) is -0.473. The predicted molar refractivity (Wildman–Crippen MR) is 61.3 cm³/mol. The lowest BCUT2D eigenvalue weighted by Crippen LogP contribution is -2.18. The summed E-state index contributed by atoms with van der Waals surface area (Å²) in [6.07, 6.45) is 1.10. The zero-order valence-electron chi connectivity index (χ0n) is 9.42. The second-order valence-corrected chi connectivity index (χ2v) is 3.83. The summed E-state index contributed by atoms with van der Waals surface area (Å²) in [5.41, 5.74) is 6.56. The van der Waals surface area contributed by atoms with Crippen molar-refractivity contribution in [3.63, 3.8) is 0 Å². The number of hydrogen-bond donors (Lipinski definition) is 2. The summed E-state index contributed by atoms with van der Waals surface area (Å²) in [6.45, 7) is 3.05. The maximum absolute atomic E-state index is 13.2. The summed E-state index contributed by atoms with van der Waals surface area (Å²) < 4.78 is 13.2. The zero-order chi connectivity index (χ0) is 12.0. The highest BCUT2D eigenvalue weighted by Gasteiger charge is 1.99. The molecule has 0 saturated carbocycles. The van der Waals surface area contributed by atoms with Crippen molar-refractivity contribution in [1.82, 2.24) is 5.32 Å². The van der Waals surface area contributed by atoms with E-state index in [1.165, 1.54) is 6.07 Å². The summed E-state index contributed by atoms with van der Waals surface area (Å²) >= 11 is 0. The van der Waals surface area contributed by atoms with Crippen molar-refractivity contribution in [3.05, 3.63) is 35.1 Å². The van der Waals surface area contributed by atoms with Crippen molar-refractivity contribution in [2.75, 3.05) is 6.54 Å². The molecular weight excluding hydrogens is 207 g/mol. The fraction of sp³-hybridized carbons (Fsp3) is 0.417. The van der Waals surface area contributed by atoms with Gasteiger partial charge in [-0.3, -0.25) is 4.79 Å². The van der Waals surface area contributed by atoms with E-state index >= 15 is 0 Å². The lowest BCUT2D eigenvalue weighted by molar-refractivity contribution is -0.118. The highest BCUT2D eigenvalue weighted by Crippen LogP contribution is 2.08. The number of nitrogens with two attached hydrogens (primary N) is 1. The van der Waals surface area contributed by atoms with Crippen molar-refractivity contribution >= 4 is 5.91 Å². The number of nitrogens with one attached hydrogen (secondary N) is 1. The molecule has 1 aromatic carbocycles. The van der Waals surface area contributed by atoms with E-state index in [9.17, 15) is 9.18 Å². The van der Waals surface area contributed by atoms with Crippen molar-refractivity contribution < 1.29 is 9.18 Å². The molecule has 1 rings (SSSR count). The van der Waals surface area contributed by atoms with Gasteiger partial charge >= 0.3 is 0 Å². The molecule has 0 aliphatic heterocycles. The minimum Gasteiger partial charge on any atom is -0.370 e. The van der Waals surface area contributed by atoms with Crippen LogP contribution in [0.4, 0.5) is 4.39 Å². The van der Waals surface area contributed by atoms with Gasteiger partial charge in [-0.15, -0.1) is 0 Å². The average molecular weight is 224 g/mol. The number of benzene rings is 1. The first-order valence-corrected chi connectivity index (χ1v) is 5.33. The average Bonchev–Trinajstić information content (AvgIpc) is 2.22. The Morgan fingerprint density at radius 2 is 2.25 bits per heavy atom. The largest absolute Gasteiger partial charge is 0.370 e. The first kappa shape index (κ1) is 12.6. The van der Waals surface area contributed by atoms with E-state index in [-0.39, 0.29) is 11.7 Å². The van der Waals surface area contributed by atoms with Crippen LogP contribution < -0.4 is 11.1 Å². The molecule has 0 aliphatic rings. The van der Waals surface area contributed by atoms with Crippen molar-refractivity contribution in [3.8, 4) is 0 Å². The normalized spacial score (nSPS) is 10.4. The number of halogens is 1. The van der Waals surface area contributed by atoms with Crippen LogP contribution in [-0.4, -0.2) is 12.5 Å². The Bertz CT molecular complexity index is 366. The van der Waals surface area contributed by atoms with Crippen molar-refractivity contribution in [1.29, 1.82) is 0 Å². The Hall–Kier alpha value is -1.42. The van der Waals surface area contributed by atoms with E-state index < -0.39 is 0 Å². The van der Waals surface area contributed by atoms with Crippen LogP contribution in [0.15, 0.2) is 18.2 Å². The minimum atomic E-state index is -0.289. The Balaban J connectivity index is 2.27. The SMILES string of the molecule is Cc1ccc(CNCCCC(N)=O)cc1F. The van der Waals surface area contributed by atoms with Gasteiger partial charge in [-0.25, -0.2) is 4.39 Å². The van der Waals surface area contributed by atoms with Gasteiger partial charge in [0.25, 0.3) is 0 Å². The Morgan fingerprint density at radius 3 is 2.88 bits per heavy atom. The smallest absolute Gasteiger partial charge is 0.217 e. The summed E-state index contributed by atoms with van der Waals surface area (Å²) in [6, 6.07) is 5.17. The molecule has 3 nitrogen and oxygen atoms in total. The maximum Gasteiger partial charge on any atom is 0.217 e. The fourth-order valence-corrected chi connectivity index (χ4v) is 1.37. The molecule has 0 aliphatic carbocycles. The van der Waals surface area contributed by atoms with Crippen LogP contribution in [0.3, 0.4) is 0 Å². The van der Waals surface area contributed by atoms with E-state index in [0.717, 1.165) is 5.56 Å². The highest BCUT2D eigenvalue weighted by molar-refractivity contribution is 5.73. The number of hydrogen-bond acceptors (Lipinski definition) is 2. The van der Waals surface area contributed by atoms with Crippen molar-refractivity contribution in [2.45, 2.75) is 26.3 Å². The maximum atomic E-state index is 13.2. The molecule has 0 radical (unpaired) electrons. The topological polar surface area (TPSA) is 55.1 Å². The van der Waals surface area contributed by atoms with Crippen molar-refractivity contribution in [2.24, 2.45) is 5.73 Å². The standard InChI is InChI=1S/C12H17FN2O/c1-9-4-5-10(7-11(9)13)8-15-6-2-3-12(14)16/h4-5,7,15H,2-3,6,8H2,1H3,(H2,14,16). The van der Waals surface area contributed by atoms with Gasteiger partial charge < -0.3 is 11.1 Å². The third-order valence-corrected chi connectivity index (χ3v) is 2.34. The van der Waals surface area contributed by atoms with Gasteiger partial charge in [0.2, 0.25) is 5.91 Å². The van der Waals surface area contributed by atoms with Gasteiger partial charge in [0.1, 0.15) is 5.82 Å². The summed E-state index contributed by atoms with van der Waals surface area (Å²) in [5, 5.41) is 3.13. The Kier molecular flexibility index (Phi) is 4.92. The first-order chi connectivity index (χ1) is 7.59. The molecule has 0 heterocycles. The monoisotopic (exact) mass is 224 g/mol. The number of rotatable bonds is 6. The molecule has 88 valence electrons. The van der Waals surface area contributed by atoms with Crippen LogP contribution in [-0.2, 0) is 11.3 Å². The van der Waals surface area contributed by atoms with E-state index in [0.29, 0.717) is 31.5 Å². The van der Waals surface area contributed by atoms with Gasteiger partial charge in [-0.05, 0) is 37.1 Å². The Morgan fingerprint density at radius 1 is 1.50 bits per heavy atom. The molecule has 1 aromatic rings. The van der Waals surface area contributed by atoms with Gasteiger partial charge in [0.05, 0.1) is 0 Å². The second kappa shape index (κ2) is 6.23. The quantitative estimate of drug-likeness (QED) is 0.719. The molecular formula is C12H17FN2O. The molecule has 4 heteroatoms. The second-order valence-electron chi connectivity index (χ2n) is 3.83. The molecule has 0 fully saturated rings. The predicted octanol–water partition coefficient (Wildman–Crippen LogP) is 1.49. The van der Waals surface area contributed by atoms with E-state index in [2.05, 4.69) is 5.32 Å². The molecule has 3 N–H and O–H groups in total. The number of primary amides is 1. The third-order valence-electron chi connectivity index (χ3n) is 2.34. The number of carbonyl (C=O) groups excluding carboxylic acids is 1. The van der Waals surface area contributed by atoms with E-state index in [1.807, 2.05) is 6.07 Å². The van der Waals surface area contributed by atoms with Crippen LogP contribution >= 0.6 is 0 Å². The molecule has 0 atom stereocenters. The van der Waals surface area contributed by atoms with Gasteiger partial charge in [-0.1, -0.05) is 12.1 Å². The van der Waals surface area contributed by atoms with Gasteiger partial charge in [0.15, 0.2) is 0 Å². The minimum absolute atomic E-state index is 0.184. The Labute approximate surface area is 94.8 Å². The molecule has 0 bridgehead atoms. The molecule has 1 amide bonds. The zero-order valence-corrected chi connectivity index (χ0v) is 9.42. The third kappa shape index (κ3) is 4.40. The molecule has 0 aromatic heterocycles. The van der Waals surface area contributed by atoms with Crippen LogP contribution in [0.25, 0.3) is 0 Å². The van der Waals surface area contributed by atoms with Crippen LogP contribution in [0.2, 0.25) is 0 Å². The molecule has 0 saturated heterocycles. The van der Waals surface area contributed by atoms with Crippen LogP contribution in [0, 0.1) is 12.7 Å². The number of amides is 1. The molecule has 0 unspecified atom stereocenters. The van der Waals surface area contributed by atoms with Gasteiger partial charge in [-0.2, -0.15) is 0 Å². The molecule has 0 spiro atoms. The lowest BCUT2D eigenvalue weighted by atomic mass is 10.1. The van der Waals surface area contributed by atoms with Crippen LogP contribution in [0.1, 0.15) is 24.0 Å². The van der Waals surface area contributed by atoms with Crippen LogP contribution in [0.5, 0.6) is 0 Å². The number of aryl methyl sites for hydroxylation is 1. The fourth-order valence-electron chi connectivity index (χ4n) is 1.37. The highest BCUT2D eigenvalue weighted by atomic mass is 19.1. The summed E-state index contributed by atoms with van der Waals surface area (Å²) in [7, 11) is 0. The lowest BCUT2D eigenvalue weighted by Gasteiger charge is -2.05. The molecule has 16 heavy (non-hydrogen) atoms. The first-order valence-electron chi connectivity index (χ1n) is 5.33. The van der Waals surface area contributed by atoms with Gasteiger partial charge in [0, 0.05) is 13.0 Å². The number of carbonyl (C=O) groups is 1. The van der Waals surface area contributed by atoms with E-state index in [1.54, 1.807) is 13.0 Å². The summed E-state index contributed by atoms with van der Waals surface area (Å²) in [4.78, 5) is 10.5.